The number of nitrogens with one attached hydrogen (secondary N) is 1. The topological polar surface area (TPSA) is 86.8 Å². The summed E-state index contributed by atoms with van der Waals surface area (Å²) in [5, 5.41) is 3.01. The predicted octanol–water partition coefficient (Wildman–Crippen LogP) is 6.19. The minimum atomic E-state index is -4.19. The molecule has 236 valence electrons. The second-order valence-corrected chi connectivity index (χ2v) is 13.1. The van der Waals surface area contributed by atoms with Crippen LogP contribution in [-0.4, -0.2) is 43.8 Å². The molecule has 0 radical (unpaired) electrons. The van der Waals surface area contributed by atoms with Gasteiger partial charge in [0.15, 0.2) is 0 Å². The molecule has 0 aliphatic rings. The molecule has 4 rings (SSSR count). The Morgan fingerprint density at radius 1 is 0.844 bits per heavy atom. The van der Waals surface area contributed by atoms with Gasteiger partial charge in [-0.3, -0.25) is 13.9 Å². The number of sulfonamides is 1. The molecule has 0 spiro atoms. The monoisotopic (exact) mass is 629 g/mol. The molecule has 0 saturated carbocycles. The van der Waals surface area contributed by atoms with Crippen LogP contribution in [0.15, 0.2) is 108 Å². The van der Waals surface area contributed by atoms with E-state index in [0.29, 0.717) is 23.2 Å². The van der Waals surface area contributed by atoms with Crippen molar-refractivity contribution >= 4 is 27.5 Å². The summed E-state index contributed by atoms with van der Waals surface area (Å²) in [5.41, 5.74) is 3.43. The Kier molecular flexibility index (Phi) is 11.1. The maximum Gasteiger partial charge on any atom is 0.264 e. The van der Waals surface area contributed by atoms with Crippen LogP contribution in [-0.2, 0) is 32.6 Å². The highest BCUT2D eigenvalue weighted by molar-refractivity contribution is 7.92. The van der Waals surface area contributed by atoms with E-state index in [1.54, 1.807) is 49.4 Å². The fourth-order valence-electron chi connectivity index (χ4n) is 5.10. The van der Waals surface area contributed by atoms with Crippen LogP contribution in [0.2, 0.25) is 0 Å². The van der Waals surface area contributed by atoms with Gasteiger partial charge in [-0.25, -0.2) is 12.8 Å². The van der Waals surface area contributed by atoms with Crippen molar-refractivity contribution in [3.05, 3.63) is 131 Å². The fraction of sp³-hybridized carbons (Fsp3) is 0.278. The van der Waals surface area contributed by atoms with Crippen LogP contribution >= 0.6 is 0 Å². The maximum absolute atomic E-state index is 14.5. The molecule has 0 aliphatic heterocycles. The summed E-state index contributed by atoms with van der Waals surface area (Å²) in [6.45, 7) is 6.97. The van der Waals surface area contributed by atoms with Gasteiger partial charge >= 0.3 is 0 Å². The summed E-state index contributed by atoms with van der Waals surface area (Å²) in [4.78, 5) is 29.8. The highest BCUT2D eigenvalue weighted by atomic mass is 32.2. The molecule has 4 aromatic rings. The maximum atomic E-state index is 14.5. The standard InChI is InChI=1S/C36H40FN3O4S/c1-5-28(4)38-36(42)34(23-29-12-8-6-9-13-29)39(24-30-17-19-31(37)20-18-30)35(41)25-40(33-21-16-26(2)22-27(33)3)45(43,44)32-14-10-7-11-15-32/h6-22,28,34H,5,23-25H2,1-4H3,(H,38,42). The summed E-state index contributed by atoms with van der Waals surface area (Å²) < 4.78 is 43.2. The van der Waals surface area contributed by atoms with Crippen molar-refractivity contribution in [3.63, 3.8) is 0 Å². The first-order valence-corrected chi connectivity index (χ1v) is 16.5. The number of nitrogens with zero attached hydrogens (tertiary/aromatic N) is 2. The Bertz CT molecular complexity index is 1700. The number of hydrogen-bond acceptors (Lipinski definition) is 4. The normalized spacial score (nSPS) is 12.6. The SMILES string of the molecule is CCC(C)NC(=O)C(Cc1ccccc1)N(Cc1ccc(F)cc1)C(=O)CN(c1ccc(C)cc1C)S(=O)(=O)c1ccccc1. The first kappa shape index (κ1) is 33.4. The van der Waals surface area contributed by atoms with Crippen molar-refractivity contribution in [1.29, 1.82) is 0 Å². The Balaban J connectivity index is 1.82. The number of rotatable bonds is 13. The molecule has 0 fully saturated rings. The lowest BCUT2D eigenvalue weighted by atomic mass is 10.0. The lowest BCUT2D eigenvalue weighted by Crippen LogP contribution is -2.54. The van der Waals surface area contributed by atoms with Crippen molar-refractivity contribution in [3.8, 4) is 0 Å². The van der Waals surface area contributed by atoms with E-state index in [9.17, 15) is 22.4 Å². The van der Waals surface area contributed by atoms with E-state index < -0.39 is 34.3 Å². The van der Waals surface area contributed by atoms with Crippen LogP contribution in [0.3, 0.4) is 0 Å². The Morgan fingerprint density at radius 3 is 2.07 bits per heavy atom. The van der Waals surface area contributed by atoms with Gasteiger partial charge in [0.2, 0.25) is 11.8 Å². The Hall–Kier alpha value is -4.50. The number of hydrogen-bond donors (Lipinski definition) is 1. The molecule has 0 saturated heterocycles. The zero-order chi connectivity index (χ0) is 32.6. The lowest BCUT2D eigenvalue weighted by Gasteiger charge is -2.34. The summed E-state index contributed by atoms with van der Waals surface area (Å²) in [6.07, 6.45) is 0.885. The molecule has 0 aliphatic carbocycles. The van der Waals surface area contributed by atoms with Crippen LogP contribution in [0.1, 0.15) is 42.5 Å². The molecule has 0 heterocycles. The second kappa shape index (κ2) is 15.0. The van der Waals surface area contributed by atoms with Crippen LogP contribution in [0, 0.1) is 19.7 Å². The molecule has 45 heavy (non-hydrogen) atoms. The number of carbonyl (C=O) groups excluding carboxylic acids is 2. The van der Waals surface area contributed by atoms with Crippen LogP contribution < -0.4 is 9.62 Å². The molecule has 9 heteroatoms. The fourth-order valence-corrected chi connectivity index (χ4v) is 6.60. The van der Waals surface area contributed by atoms with Gasteiger partial charge in [-0.1, -0.05) is 85.3 Å². The number of anilines is 1. The highest BCUT2D eigenvalue weighted by Crippen LogP contribution is 2.28. The zero-order valence-electron chi connectivity index (χ0n) is 26.1. The molecule has 7 nitrogen and oxygen atoms in total. The van der Waals surface area contributed by atoms with Gasteiger partial charge in [-0.15, -0.1) is 0 Å². The summed E-state index contributed by atoms with van der Waals surface area (Å²) in [5.74, 6) is -1.35. The van der Waals surface area contributed by atoms with Crippen molar-refractivity contribution < 1.29 is 22.4 Å². The largest absolute Gasteiger partial charge is 0.352 e. The van der Waals surface area contributed by atoms with Crippen LogP contribution in [0.25, 0.3) is 0 Å². The van der Waals surface area contributed by atoms with Gasteiger partial charge in [0.25, 0.3) is 10.0 Å². The average Bonchev–Trinajstić information content (AvgIpc) is 3.03. The molecule has 0 bridgehead atoms. The lowest BCUT2D eigenvalue weighted by molar-refractivity contribution is -0.140. The van der Waals surface area contributed by atoms with E-state index in [-0.39, 0.29) is 29.8 Å². The molecule has 4 aromatic carbocycles. The van der Waals surface area contributed by atoms with Crippen molar-refractivity contribution in [2.24, 2.45) is 0 Å². The second-order valence-electron chi connectivity index (χ2n) is 11.3. The van der Waals surface area contributed by atoms with E-state index >= 15 is 0 Å². The highest BCUT2D eigenvalue weighted by Gasteiger charge is 2.35. The molecule has 1 N–H and O–H groups in total. The van der Waals surface area contributed by atoms with Crippen LogP contribution in [0.5, 0.6) is 0 Å². The third-order valence-corrected chi connectivity index (χ3v) is 9.54. The molecule has 0 aromatic heterocycles. The summed E-state index contributed by atoms with van der Waals surface area (Å²) in [6, 6.07) is 27.3. The Labute approximate surface area is 265 Å². The minimum Gasteiger partial charge on any atom is -0.352 e. The third kappa shape index (κ3) is 8.57. The van der Waals surface area contributed by atoms with E-state index in [0.717, 1.165) is 15.4 Å². The van der Waals surface area contributed by atoms with E-state index in [1.165, 1.54) is 29.2 Å². The summed E-state index contributed by atoms with van der Waals surface area (Å²) >= 11 is 0. The summed E-state index contributed by atoms with van der Waals surface area (Å²) in [7, 11) is -4.19. The number of aryl methyl sites for hydroxylation is 2. The van der Waals surface area contributed by atoms with Gasteiger partial charge in [-0.05, 0) is 74.2 Å². The molecular weight excluding hydrogens is 589 g/mol. The van der Waals surface area contributed by atoms with E-state index in [4.69, 9.17) is 0 Å². The number of halogens is 1. The number of benzene rings is 4. The smallest absolute Gasteiger partial charge is 0.264 e. The third-order valence-electron chi connectivity index (χ3n) is 7.77. The van der Waals surface area contributed by atoms with Crippen molar-refractivity contribution in [2.75, 3.05) is 10.8 Å². The minimum absolute atomic E-state index is 0.0311. The van der Waals surface area contributed by atoms with Crippen molar-refractivity contribution in [1.82, 2.24) is 10.2 Å². The van der Waals surface area contributed by atoms with Crippen LogP contribution in [0.4, 0.5) is 10.1 Å². The van der Waals surface area contributed by atoms with Gasteiger partial charge < -0.3 is 10.2 Å². The van der Waals surface area contributed by atoms with E-state index in [2.05, 4.69) is 5.32 Å². The quantitative estimate of drug-likeness (QED) is 0.191. The van der Waals surface area contributed by atoms with Gasteiger partial charge in [-0.2, -0.15) is 0 Å². The predicted molar refractivity (Wildman–Crippen MR) is 176 cm³/mol. The average molecular weight is 630 g/mol. The molecule has 2 unspecified atom stereocenters. The van der Waals surface area contributed by atoms with Gasteiger partial charge in [0.05, 0.1) is 10.6 Å². The van der Waals surface area contributed by atoms with Crippen molar-refractivity contribution in [2.45, 2.75) is 64.1 Å². The Morgan fingerprint density at radius 2 is 1.47 bits per heavy atom. The molecule has 2 atom stereocenters. The molecular formula is C36H40FN3O4S. The van der Waals surface area contributed by atoms with Gasteiger partial charge in [0, 0.05) is 19.0 Å². The number of carbonyl (C=O) groups is 2. The first-order valence-electron chi connectivity index (χ1n) is 15.0. The zero-order valence-corrected chi connectivity index (χ0v) is 26.9. The number of amides is 2. The first-order chi connectivity index (χ1) is 21.5. The van der Waals surface area contributed by atoms with E-state index in [1.807, 2.05) is 57.2 Å². The molecule has 2 amide bonds. The van der Waals surface area contributed by atoms with Gasteiger partial charge in [0.1, 0.15) is 18.4 Å².